The number of aliphatic hydroxyl groups is 1. The number of nitrogen functional groups attached to an aromatic ring is 1. The molecule has 224 valence electrons. The highest BCUT2D eigenvalue weighted by Gasteiger charge is 2.37. The van der Waals surface area contributed by atoms with Gasteiger partial charge in [0.05, 0.1) is 13.7 Å². The van der Waals surface area contributed by atoms with Crippen molar-refractivity contribution in [2.24, 2.45) is 0 Å². The summed E-state index contributed by atoms with van der Waals surface area (Å²) in [6.07, 6.45) is 2.45. The van der Waals surface area contributed by atoms with Crippen LogP contribution in [0.2, 0.25) is 5.15 Å². The molecule has 3 heterocycles. The van der Waals surface area contributed by atoms with Crippen LogP contribution in [0.1, 0.15) is 48.3 Å². The average Bonchev–Trinajstić information content (AvgIpc) is 2.98. The van der Waals surface area contributed by atoms with Crippen LogP contribution in [0.3, 0.4) is 0 Å². The standard InChI is InChI=1S/C27H36ClF2N7O4/c1-3-17-15-36(25-23(28)33-21(24(31)34-25)26(39)32-8-13-38)11-12-37(17)18-6-9-35(10-7-18)22(27(40)41-2)16-4-5-19(29)20(30)14-16/h4-5,14,17-18,22,38H,3,6-13,15H2,1-2H3,(H2,31,34)(H,32,39)/t17-,22?/m0/s1. The van der Waals surface area contributed by atoms with Crippen molar-refractivity contribution in [3.63, 3.8) is 0 Å². The van der Waals surface area contributed by atoms with Crippen LogP contribution in [0, 0.1) is 11.6 Å². The first-order chi connectivity index (χ1) is 19.7. The van der Waals surface area contributed by atoms with Gasteiger partial charge in [-0.3, -0.25) is 14.6 Å². The highest BCUT2D eigenvalue weighted by molar-refractivity contribution is 6.32. The topological polar surface area (TPSA) is 137 Å². The van der Waals surface area contributed by atoms with Gasteiger partial charge in [0.2, 0.25) is 0 Å². The van der Waals surface area contributed by atoms with E-state index in [2.05, 4.69) is 27.1 Å². The number of hydrogen-bond acceptors (Lipinski definition) is 10. The van der Waals surface area contributed by atoms with Gasteiger partial charge in [0.15, 0.2) is 34.1 Å². The smallest absolute Gasteiger partial charge is 0.327 e. The maximum Gasteiger partial charge on any atom is 0.327 e. The van der Waals surface area contributed by atoms with Crippen molar-refractivity contribution in [2.75, 3.05) is 63.6 Å². The molecule has 2 saturated heterocycles. The number of rotatable bonds is 9. The Kier molecular flexibility index (Phi) is 10.3. The predicted molar refractivity (Wildman–Crippen MR) is 150 cm³/mol. The van der Waals surface area contributed by atoms with Crippen molar-refractivity contribution in [2.45, 2.75) is 44.3 Å². The number of likely N-dealkylation sites (tertiary alicyclic amines) is 1. The lowest BCUT2D eigenvalue weighted by atomic mass is 9.95. The zero-order valence-corrected chi connectivity index (χ0v) is 23.9. The number of aromatic nitrogens is 2. The molecule has 4 N–H and O–H groups in total. The Balaban J connectivity index is 1.42. The molecule has 2 aliphatic rings. The molecule has 2 aromatic rings. The normalized spacial score (nSPS) is 19.7. The SMILES string of the molecule is CC[C@H]1CN(c2nc(N)c(C(=O)NCCO)nc2Cl)CCN1C1CCN(C(C(=O)OC)c2ccc(F)c(F)c2)CC1. The molecule has 0 saturated carbocycles. The summed E-state index contributed by atoms with van der Waals surface area (Å²) in [5.41, 5.74) is 6.32. The third kappa shape index (κ3) is 6.85. The second kappa shape index (κ2) is 13.7. The molecule has 2 aliphatic heterocycles. The number of hydrogen-bond donors (Lipinski definition) is 3. The van der Waals surface area contributed by atoms with E-state index < -0.39 is 29.6 Å². The van der Waals surface area contributed by atoms with Crippen LogP contribution in [0.15, 0.2) is 18.2 Å². The molecule has 11 nitrogen and oxygen atoms in total. The number of halogens is 3. The van der Waals surface area contributed by atoms with E-state index in [9.17, 15) is 18.4 Å². The fraction of sp³-hybridized carbons (Fsp3) is 0.556. The van der Waals surface area contributed by atoms with Gasteiger partial charge in [0.25, 0.3) is 5.91 Å². The number of nitrogens with zero attached hydrogens (tertiary/aromatic N) is 5. The van der Waals surface area contributed by atoms with E-state index in [1.165, 1.54) is 13.2 Å². The number of esters is 1. The van der Waals surface area contributed by atoms with Gasteiger partial charge in [-0.2, -0.15) is 0 Å². The van der Waals surface area contributed by atoms with Crippen LogP contribution >= 0.6 is 11.6 Å². The second-order valence-electron chi connectivity index (χ2n) is 10.2. The number of benzene rings is 1. The molecule has 0 spiro atoms. The number of amides is 1. The number of carbonyl (C=O) groups excluding carboxylic acids is 2. The van der Waals surface area contributed by atoms with Gasteiger partial charge in [-0.1, -0.05) is 24.6 Å². The molecule has 41 heavy (non-hydrogen) atoms. The average molecular weight is 596 g/mol. The van der Waals surface area contributed by atoms with E-state index in [0.717, 1.165) is 37.9 Å². The molecular weight excluding hydrogens is 560 g/mol. The Morgan fingerprint density at radius 1 is 1.20 bits per heavy atom. The molecule has 4 rings (SSSR count). The number of piperazine rings is 1. The lowest BCUT2D eigenvalue weighted by Gasteiger charge is -2.48. The van der Waals surface area contributed by atoms with Crippen LogP contribution in [0.25, 0.3) is 0 Å². The van der Waals surface area contributed by atoms with E-state index in [0.29, 0.717) is 37.6 Å². The third-order valence-electron chi connectivity index (χ3n) is 7.79. The van der Waals surface area contributed by atoms with Gasteiger partial charge < -0.3 is 25.8 Å². The van der Waals surface area contributed by atoms with Gasteiger partial charge in [-0.25, -0.2) is 23.5 Å². The first-order valence-electron chi connectivity index (χ1n) is 13.7. The van der Waals surface area contributed by atoms with Crippen molar-refractivity contribution in [1.29, 1.82) is 0 Å². The Labute approximate surface area is 242 Å². The number of piperidine rings is 1. The van der Waals surface area contributed by atoms with Gasteiger partial charge in [-0.15, -0.1) is 0 Å². The summed E-state index contributed by atoms with van der Waals surface area (Å²) < 4.78 is 32.5. The highest BCUT2D eigenvalue weighted by atomic mass is 35.5. The number of ether oxygens (including phenoxy) is 1. The third-order valence-corrected chi connectivity index (χ3v) is 8.05. The maximum atomic E-state index is 14.0. The molecule has 1 amide bonds. The monoisotopic (exact) mass is 595 g/mol. The van der Waals surface area contributed by atoms with Gasteiger partial charge in [0, 0.05) is 51.4 Å². The number of nitrogens with one attached hydrogen (secondary N) is 1. The van der Waals surface area contributed by atoms with Gasteiger partial charge in [0.1, 0.15) is 6.04 Å². The number of carbonyl (C=O) groups is 2. The molecule has 0 bridgehead atoms. The predicted octanol–water partition coefficient (Wildman–Crippen LogP) is 1.99. The first kappa shape index (κ1) is 30.8. The number of aliphatic hydroxyl groups excluding tert-OH is 1. The van der Waals surface area contributed by atoms with E-state index >= 15 is 0 Å². The van der Waals surface area contributed by atoms with Gasteiger partial charge in [-0.05, 0) is 37.0 Å². The Bertz CT molecular complexity index is 1250. The van der Waals surface area contributed by atoms with Crippen LogP contribution in [0.4, 0.5) is 20.4 Å². The van der Waals surface area contributed by atoms with E-state index in [1.54, 1.807) is 0 Å². The highest BCUT2D eigenvalue weighted by Crippen LogP contribution is 2.32. The number of anilines is 2. The zero-order valence-electron chi connectivity index (χ0n) is 23.2. The molecule has 1 aromatic heterocycles. The van der Waals surface area contributed by atoms with Crippen molar-refractivity contribution in [3.8, 4) is 0 Å². The lowest BCUT2D eigenvalue weighted by molar-refractivity contribution is -0.148. The molecule has 2 atom stereocenters. The fourth-order valence-electron chi connectivity index (χ4n) is 5.71. The largest absolute Gasteiger partial charge is 0.468 e. The fourth-order valence-corrected chi connectivity index (χ4v) is 5.96. The van der Waals surface area contributed by atoms with Crippen LogP contribution in [0.5, 0.6) is 0 Å². The number of nitrogens with two attached hydrogens (primary N) is 1. The summed E-state index contributed by atoms with van der Waals surface area (Å²) in [4.78, 5) is 40.0. The van der Waals surface area contributed by atoms with Crippen LogP contribution in [-0.2, 0) is 9.53 Å². The molecule has 2 fully saturated rings. The van der Waals surface area contributed by atoms with Crippen molar-refractivity contribution < 1.29 is 28.2 Å². The number of methoxy groups -OCH3 is 1. The van der Waals surface area contributed by atoms with Gasteiger partial charge >= 0.3 is 5.97 Å². The van der Waals surface area contributed by atoms with Crippen molar-refractivity contribution >= 4 is 35.1 Å². The van der Waals surface area contributed by atoms with Crippen LogP contribution < -0.4 is 16.0 Å². The Hall–Kier alpha value is -3.13. The van der Waals surface area contributed by atoms with E-state index in [-0.39, 0.29) is 41.9 Å². The Morgan fingerprint density at radius 2 is 1.93 bits per heavy atom. The quantitative estimate of drug-likeness (QED) is 0.369. The van der Waals surface area contributed by atoms with Crippen LogP contribution in [-0.4, -0.2) is 102 Å². The molecule has 14 heteroatoms. The van der Waals surface area contributed by atoms with E-state index in [1.807, 2.05) is 9.80 Å². The zero-order chi connectivity index (χ0) is 29.7. The maximum absolute atomic E-state index is 14.0. The van der Waals surface area contributed by atoms with E-state index in [4.69, 9.17) is 27.2 Å². The minimum atomic E-state index is -0.999. The lowest BCUT2D eigenvalue weighted by Crippen LogP contribution is -2.59. The molecule has 0 aliphatic carbocycles. The molecule has 1 unspecified atom stereocenters. The van der Waals surface area contributed by atoms with Crippen molar-refractivity contribution in [3.05, 3.63) is 46.2 Å². The summed E-state index contributed by atoms with van der Waals surface area (Å²) in [6.45, 7) is 5.15. The molecule has 1 aromatic carbocycles. The molecular formula is C27H36ClF2N7O4. The first-order valence-corrected chi connectivity index (χ1v) is 14.1. The summed E-state index contributed by atoms with van der Waals surface area (Å²) >= 11 is 6.44. The minimum absolute atomic E-state index is 0.0381. The summed E-state index contributed by atoms with van der Waals surface area (Å²) in [6, 6.07) is 3.16. The second-order valence-corrected chi connectivity index (χ2v) is 10.5. The summed E-state index contributed by atoms with van der Waals surface area (Å²) in [7, 11) is 1.29. The van der Waals surface area contributed by atoms with Crippen molar-refractivity contribution in [1.82, 2.24) is 25.1 Å². The molecule has 0 radical (unpaired) electrons. The summed E-state index contributed by atoms with van der Waals surface area (Å²) in [5.74, 6) is -2.65. The Morgan fingerprint density at radius 3 is 2.56 bits per heavy atom. The summed E-state index contributed by atoms with van der Waals surface area (Å²) in [5, 5.41) is 11.5. The minimum Gasteiger partial charge on any atom is -0.468 e.